The van der Waals surface area contributed by atoms with Crippen molar-refractivity contribution < 1.29 is 9.47 Å². The van der Waals surface area contributed by atoms with Gasteiger partial charge in [0.15, 0.2) is 17.0 Å². The molecule has 2 fully saturated rings. The molecule has 0 atom stereocenters. The summed E-state index contributed by atoms with van der Waals surface area (Å²) >= 11 is 0. The van der Waals surface area contributed by atoms with Gasteiger partial charge >= 0.3 is 0 Å². The first-order valence-electron chi connectivity index (χ1n) is 12.2. The van der Waals surface area contributed by atoms with Crippen molar-refractivity contribution in [1.29, 1.82) is 0 Å². The van der Waals surface area contributed by atoms with E-state index in [2.05, 4.69) is 73.1 Å². The first-order chi connectivity index (χ1) is 16.7. The Morgan fingerprint density at radius 1 is 0.941 bits per heavy atom. The van der Waals surface area contributed by atoms with E-state index in [-0.39, 0.29) is 6.04 Å². The molecule has 0 bridgehead atoms. The topological polar surface area (TPSA) is 92.6 Å². The Kier molecular flexibility index (Phi) is 7.08. The van der Waals surface area contributed by atoms with Crippen molar-refractivity contribution in [2.24, 2.45) is 0 Å². The standard InChI is InChI=1S/C24H34N8O2/c1-18(2)32-23-21(29-24(32)25-7-8-30-9-13-33-14-10-30)22(26-17-27-23)28-19-3-5-20(6-4-19)31-11-15-34-16-12-31/h3-6,17-18H,7-16H2,1-2H3,(H,25,29)(H,26,27,28). The van der Waals surface area contributed by atoms with Gasteiger partial charge in [-0.25, -0.2) is 15.0 Å². The molecule has 182 valence electrons. The van der Waals surface area contributed by atoms with E-state index < -0.39 is 0 Å². The van der Waals surface area contributed by atoms with Crippen molar-refractivity contribution in [3.05, 3.63) is 30.6 Å². The monoisotopic (exact) mass is 466 g/mol. The summed E-state index contributed by atoms with van der Waals surface area (Å²) in [5.74, 6) is 1.53. The Bertz CT molecular complexity index is 1070. The number of hydrogen-bond acceptors (Lipinski definition) is 9. The fourth-order valence-electron chi connectivity index (χ4n) is 4.48. The third-order valence-electron chi connectivity index (χ3n) is 6.31. The van der Waals surface area contributed by atoms with Crippen molar-refractivity contribution in [3.63, 3.8) is 0 Å². The first-order valence-corrected chi connectivity index (χ1v) is 12.2. The van der Waals surface area contributed by atoms with Crippen molar-refractivity contribution in [3.8, 4) is 0 Å². The number of rotatable bonds is 8. The molecular weight excluding hydrogens is 432 g/mol. The van der Waals surface area contributed by atoms with Crippen LogP contribution in [0, 0.1) is 0 Å². The average Bonchev–Trinajstić information content (AvgIpc) is 3.25. The Hall–Kier alpha value is -2.95. The molecule has 0 amide bonds. The van der Waals surface area contributed by atoms with Crippen LogP contribution in [0.3, 0.4) is 0 Å². The lowest BCUT2D eigenvalue weighted by molar-refractivity contribution is 0.0398. The van der Waals surface area contributed by atoms with Crippen LogP contribution in [0.1, 0.15) is 19.9 Å². The normalized spacial score (nSPS) is 17.4. The maximum atomic E-state index is 5.46. The predicted molar refractivity (Wildman–Crippen MR) is 134 cm³/mol. The molecule has 2 aromatic heterocycles. The van der Waals surface area contributed by atoms with Gasteiger partial charge in [-0.3, -0.25) is 9.47 Å². The highest BCUT2D eigenvalue weighted by Gasteiger charge is 2.19. The van der Waals surface area contributed by atoms with Gasteiger partial charge in [0.25, 0.3) is 0 Å². The molecule has 3 aromatic rings. The van der Waals surface area contributed by atoms with Crippen LogP contribution in [0.25, 0.3) is 11.2 Å². The summed E-state index contributed by atoms with van der Waals surface area (Å²) in [6.45, 7) is 13.0. The molecule has 1 aromatic carbocycles. The van der Waals surface area contributed by atoms with Gasteiger partial charge in [-0.1, -0.05) is 0 Å². The Morgan fingerprint density at radius 2 is 1.65 bits per heavy atom. The van der Waals surface area contributed by atoms with Gasteiger partial charge in [0, 0.05) is 56.7 Å². The minimum Gasteiger partial charge on any atom is -0.379 e. The van der Waals surface area contributed by atoms with Gasteiger partial charge in [-0.2, -0.15) is 0 Å². The maximum absolute atomic E-state index is 5.46. The molecule has 0 radical (unpaired) electrons. The summed E-state index contributed by atoms with van der Waals surface area (Å²) in [5.41, 5.74) is 3.77. The van der Waals surface area contributed by atoms with E-state index in [0.29, 0.717) is 5.82 Å². The molecule has 10 nitrogen and oxygen atoms in total. The van der Waals surface area contributed by atoms with E-state index in [9.17, 15) is 0 Å². The van der Waals surface area contributed by atoms with E-state index in [0.717, 1.165) is 88.5 Å². The fraction of sp³-hybridized carbons (Fsp3) is 0.542. The zero-order chi connectivity index (χ0) is 23.3. The van der Waals surface area contributed by atoms with Gasteiger partial charge in [0.05, 0.1) is 26.4 Å². The lowest BCUT2D eigenvalue weighted by atomic mass is 10.2. The molecule has 34 heavy (non-hydrogen) atoms. The summed E-state index contributed by atoms with van der Waals surface area (Å²) in [6.07, 6.45) is 1.60. The molecule has 2 aliphatic heterocycles. The molecule has 2 aliphatic rings. The zero-order valence-electron chi connectivity index (χ0n) is 20.0. The number of hydrogen-bond donors (Lipinski definition) is 2. The first kappa shape index (κ1) is 22.8. The summed E-state index contributed by atoms with van der Waals surface area (Å²) in [7, 11) is 0. The largest absolute Gasteiger partial charge is 0.379 e. The SMILES string of the molecule is CC(C)n1c(NCCN2CCOCC2)nc2c(Nc3ccc(N4CCOCC4)cc3)ncnc21. The highest BCUT2D eigenvalue weighted by atomic mass is 16.5. The number of nitrogens with one attached hydrogen (secondary N) is 2. The molecule has 5 rings (SSSR count). The number of anilines is 4. The van der Waals surface area contributed by atoms with Crippen LogP contribution < -0.4 is 15.5 Å². The number of ether oxygens (including phenoxy) is 2. The van der Waals surface area contributed by atoms with Crippen LogP contribution in [-0.4, -0.2) is 90.1 Å². The second kappa shape index (κ2) is 10.5. The summed E-state index contributed by atoms with van der Waals surface area (Å²) in [6, 6.07) is 8.65. The Morgan fingerprint density at radius 3 is 2.35 bits per heavy atom. The molecule has 0 spiro atoms. The second-order valence-corrected chi connectivity index (χ2v) is 8.95. The van der Waals surface area contributed by atoms with Crippen LogP contribution >= 0.6 is 0 Å². The lowest BCUT2D eigenvalue weighted by Crippen LogP contribution is -2.39. The van der Waals surface area contributed by atoms with E-state index in [4.69, 9.17) is 14.5 Å². The van der Waals surface area contributed by atoms with Crippen molar-refractivity contribution in [1.82, 2.24) is 24.4 Å². The van der Waals surface area contributed by atoms with Gasteiger partial charge in [-0.15, -0.1) is 0 Å². The van der Waals surface area contributed by atoms with Crippen LogP contribution in [0.5, 0.6) is 0 Å². The van der Waals surface area contributed by atoms with Gasteiger partial charge in [-0.05, 0) is 38.1 Å². The fourth-order valence-corrected chi connectivity index (χ4v) is 4.48. The third kappa shape index (κ3) is 5.08. The molecule has 2 N–H and O–H groups in total. The van der Waals surface area contributed by atoms with Crippen molar-refractivity contribution in [2.45, 2.75) is 19.9 Å². The molecule has 4 heterocycles. The Balaban J connectivity index is 1.32. The predicted octanol–water partition coefficient (Wildman–Crippen LogP) is 2.73. The number of nitrogens with zero attached hydrogens (tertiary/aromatic N) is 6. The minimum absolute atomic E-state index is 0.214. The number of aromatic nitrogens is 4. The molecule has 0 aliphatic carbocycles. The van der Waals surface area contributed by atoms with Gasteiger partial charge < -0.3 is 25.0 Å². The Labute approximate surface area is 200 Å². The number of fused-ring (bicyclic) bond motifs is 1. The summed E-state index contributed by atoms with van der Waals surface area (Å²) in [4.78, 5) is 18.7. The molecule has 0 unspecified atom stereocenters. The smallest absolute Gasteiger partial charge is 0.205 e. The number of benzene rings is 1. The molecule has 0 saturated carbocycles. The van der Waals surface area contributed by atoms with Crippen molar-refractivity contribution >= 4 is 34.3 Å². The van der Waals surface area contributed by atoms with E-state index in [1.165, 1.54) is 5.69 Å². The minimum atomic E-state index is 0.214. The van der Waals surface area contributed by atoms with Crippen molar-refractivity contribution in [2.75, 3.05) is 81.2 Å². The van der Waals surface area contributed by atoms with Crippen LogP contribution in [-0.2, 0) is 9.47 Å². The maximum Gasteiger partial charge on any atom is 0.205 e. The highest BCUT2D eigenvalue weighted by molar-refractivity contribution is 5.87. The van der Waals surface area contributed by atoms with Gasteiger partial charge in [0.2, 0.25) is 5.95 Å². The van der Waals surface area contributed by atoms with Crippen LogP contribution in [0.4, 0.5) is 23.1 Å². The average molecular weight is 467 g/mol. The molecular formula is C24H34N8O2. The number of imidazole rings is 1. The van der Waals surface area contributed by atoms with E-state index in [1.807, 2.05) is 0 Å². The summed E-state index contributed by atoms with van der Waals surface area (Å²) in [5, 5.41) is 6.97. The highest BCUT2D eigenvalue weighted by Crippen LogP contribution is 2.29. The second-order valence-electron chi connectivity index (χ2n) is 8.95. The van der Waals surface area contributed by atoms with E-state index in [1.54, 1.807) is 6.33 Å². The zero-order valence-corrected chi connectivity index (χ0v) is 20.0. The lowest BCUT2D eigenvalue weighted by Gasteiger charge is -2.28. The third-order valence-corrected chi connectivity index (χ3v) is 6.31. The van der Waals surface area contributed by atoms with E-state index >= 15 is 0 Å². The molecule has 10 heteroatoms. The van der Waals surface area contributed by atoms with Gasteiger partial charge in [0.1, 0.15) is 6.33 Å². The molecule has 2 saturated heterocycles. The summed E-state index contributed by atoms with van der Waals surface area (Å²) < 4.78 is 13.0. The quantitative estimate of drug-likeness (QED) is 0.520. The van der Waals surface area contributed by atoms with Crippen LogP contribution in [0.15, 0.2) is 30.6 Å². The van der Waals surface area contributed by atoms with Crippen LogP contribution in [0.2, 0.25) is 0 Å². The number of morpholine rings is 2.